The molecule has 2 aromatic heterocycles. The van der Waals surface area contributed by atoms with Crippen LogP contribution in [0.2, 0.25) is 0 Å². The van der Waals surface area contributed by atoms with Crippen molar-refractivity contribution in [2.75, 3.05) is 26.7 Å². The number of carbonyl (C=O) groups excluding carboxylic acids is 2. The van der Waals surface area contributed by atoms with Gasteiger partial charge in [0.15, 0.2) is 0 Å². The standard InChI is InChI=1S/C29H32N4O4/c1-20-17-33(21(2)19-34)29(36)25-14-23(12-11-22-8-5-4-6-9-22)15-31-27(25)37-26(20)18-32(3)28(35)24-10-7-13-30-16-24/h4-16,20-21,26,34H,17-19H2,1-3H3/b12-11+/t20-,21-,26+/m0/s1. The molecule has 3 aromatic rings. The smallest absolute Gasteiger partial charge is 0.259 e. The number of likely N-dealkylation sites (N-methyl/N-ethyl adjacent to an activating group) is 1. The topological polar surface area (TPSA) is 95.9 Å². The number of aromatic nitrogens is 2. The predicted octanol–water partition coefficient (Wildman–Crippen LogP) is 3.64. The van der Waals surface area contributed by atoms with Crippen LogP contribution in [0, 0.1) is 5.92 Å². The van der Waals surface area contributed by atoms with Crippen LogP contribution in [-0.2, 0) is 0 Å². The number of aliphatic hydroxyl groups excluding tert-OH is 1. The molecule has 8 heteroatoms. The van der Waals surface area contributed by atoms with E-state index in [1.807, 2.05) is 56.3 Å². The number of pyridine rings is 2. The molecule has 0 bridgehead atoms. The van der Waals surface area contributed by atoms with Crippen molar-refractivity contribution < 1.29 is 19.4 Å². The van der Waals surface area contributed by atoms with Crippen LogP contribution >= 0.6 is 0 Å². The fourth-order valence-electron chi connectivity index (χ4n) is 4.25. The first-order valence-corrected chi connectivity index (χ1v) is 12.3. The van der Waals surface area contributed by atoms with Gasteiger partial charge in [0.2, 0.25) is 5.88 Å². The van der Waals surface area contributed by atoms with E-state index in [-0.39, 0.29) is 36.3 Å². The van der Waals surface area contributed by atoms with Gasteiger partial charge in [-0.2, -0.15) is 0 Å². The minimum absolute atomic E-state index is 0.130. The van der Waals surface area contributed by atoms with Crippen molar-refractivity contribution >= 4 is 24.0 Å². The molecule has 0 radical (unpaired) electrons. The van der Waals surface area contributed by atoms with Crippen LogP contribution < -0.4 is 4.74 Å². The van der Waals surface area contributed by atoms with E-state index in [4.69, 9.17) is 4.74 Å². The van der Waals surface area contributed by atoms with Crippen LogP contribution in [-0.4, -0.2) is 75.6 Å². The van der Waals surface area contributed by atoms with Crippen LogP contribution in [0.3, 0.4) is 0 Å². The van der Waals surface area contributed by atoms with Crippen LogP contribution in [0.25, 0.3) is 12.2 Å². The van der Waals surface area contributed by atoms with E-state index < -0.39 is 6.10 Å². The Bertz CT molecular complexity index is 1250. The van der Waals surface area contributed by atoms with Gasteiger partial charge in [-0.3, -0.25) is 14.6 Å². The highest BCUT2D eigenvalue weighted by molar-refractivity contribution is 5.97. The Morgan fingerprint density at radius 2 is 1.95 bits per heavy atom. The lowest BCUT2D eigenvalue weighted by atomic mass is 9.99. The Kier molecular flexibility index (Phi) is 8.30. The summed E-state index contributed by atoms with van der Waals surface area (Å²) in [7, 11) is 1.72. The molecule has 37 heavy (non-hydrogen) atoms. The molecule has 0 saturated heterocycles. The van der Waals surface area contributed by atoms with Crippen molar-refractivity contribution in [3.05, 3.63) is 89.4 Å². The summed E-state index contributed by atoms with van der Waals surface area (Å²) in [6.07, 6.45) is 8.25. The van der Waals surface area contributed by atoms with Gasteiger partial charge in [-0.15, -0.1) is 0 Å². The number of fused-ring (bicyclic) bond motifs is 1. The number of nitrogens with zero attached hydrogens (tertiary/aromatic N) is 4. The molecule has 3 atom stereocenters. The fourth-order valence-corrected chi connectivity index (χ4v) is 4.25. The third-order valence-electron chi connectivity index (χ3n) is 6.52. The second kappa shape index (κ2) is 11.8. The summed E-state index contributed by atoms with van der Waals surface area (Å²) in [5.41, 5.74) is 2.60. The van der Waals surface area contributed by atoms with Crippen molar-refractivity contribution in [2.24, 2.45) is 5.92 Å². The molecule has 192 valence electrons. The molecule has 0 saturated carbocycles. The predicted molar refractivity (Wildman–Crippen MR) is 142 cm³/mol. The maximum absolute atomic E-state index is 13.6. The average Bonchev–Trinajstić information content (AvgIpc) is 2.94. The summed E-state index contributed by atoms with van der Waals surface area (Å²) < 4.78 is 6.30. The lowest BCUT2D eigenvalue weighted by Crippen LogP contribution is -2.50. The van der Waals surface area contributed by atoms with E-state index in [2.05, 4.69) is 9.97 Å². The second-order valence-corrected chi connectivity index (χ2v) is 9.42. The zero-order chi connectivity index (χ0) is 26.4. The summed E-state index contributed by atoms with van der Waals surface area (Å²) in [6.45, 7) is 4.27. The Balaban J connectivity index is 1.64. The lowest BCUT2D eigenvalue weighted by molar-refractivity contribution is 0.0313. The van der Waals surface area contributed by atoms with Gasteiger partial charge in [-0.1, -0.05) is 49.4 Å². The van der Waals surface area contributed by atoms with Gasteiger partial charge in [0.05, 0.1) is 24.8 Å². The Hall–Kier alpha value is -4.04. The Morgan fingerprint density at radius 1 is 1.19 bits per heavy atom. The number of rotatable bonds is 7. The van der Waals surface area contributed by atoms with E-state index in [0.717, 1.165) is 11.1 Å². The monoisotopic (exact) mass is 500 g/mol. The number of benzene rings is 1. The van der Waals surface area contributed by atoms with Gasteiger partial charge < -0.3 is 19.6 Å². The summed E-state index contributed by atoms with van der Waals surface area (Å²) in [4.78, 5) is 38.3. The molecular formula is C29H32N4O4. The zero-order valence-electron chi connectivity index (χ0n) is 21.3. The highest BCUT2D eigenvalue weighted by atomic mass is 16.5. The van der Waals surface area contributed by atoms with E-state index in [1.54, 1.807) is 47.4 Å². The molecule has 4 rings (SSSR count). The molecule has 1 N–H and O–H groups in total. The van der Waals surface area contributed by atoms with E-state index in [9.17, 15) is 14.7 Å². The first-order chi connectivity index (χ1) is 17.9. The number of ether oxygens (including phenoxy) is 1. The number of aliphatic hydroxyl groups is 1. The summed E-state index contributed by atoms with van der Waals surface area (Å²) >= 11 is 0. The minimum Gasteiger partial charge on any atom is -0.472 e. The maximum atomic E-state index is 13.6. The summed E-state index contributed by atoms with van der Waals surface area (Å²) in [5, 5.41) is 9.87. The van der Waals surface area contributed by atoms with Crippen LogP contribution in [0.4, 0.5) is 0 Å². The maximum Gasteiger partial charge on any atom is 0.259 e. The van der Waals surface area contributed by atoms with Crippen molar-refractivity contribution in [3.8, 4) is 5.88 Å². The Labute approximate surface area is 217 Å². The minimum atomic E-state index is -0.427. The number of amides is 2. The van der Waals surface area contributed by atoms with Crippen LogP contribution in [0.5, 0.6) is 5.88 Å². The van der Waals surface area contributed by atoms with Crippen molar-refractivity contribution in [1.82, 2.24) is 19.8 Å². The highest BCUT2D eigenvalue weighted by Gasteiger charge is 2.34. The van der Waals surface area contributed by atoms with Crippen molar-refractivity contribution in [1.29, 1.82) is 0 Å². The number of hydrogen-bond donors (Lipinski definition) is 1. The third kappa shape index (κ3) is 6.21. The molecule has 1 aromatic carbocycles. The normalized spacial score (nSPS) is 18.5. The highest BCUT2D eigenvalue weighted by Crippen LogP contribution is 2.28. The molecule has 8 nitrogen and oxygen atoms in total. The van der Waals surface area contributed by atoms with Gasteiger partial charge in [-0.05, 0) is 36.2 Å². The van der Waals surface area contributed by atoms with E-state index in [0.29, 0.717) is 24.2 Å². The van der Waals surface area contributed by atoms with Gasteiger partial charge in [0.1, 0.15) is 11.7 Å². The molecule has 0 spiro atoms. The first-order valence-electron chi connectivity index (χ1n) is 12.3. The third-order valence-corrected chi connectivity index (χ3v) is 6.52. The summed E-state index contributed by atoms with van der Waals surface area (Å²) in [6, 6.07) is 14.7. The summed E-state index contributed by atoms with van der Waals surface area (Å²) in [5.74, 6) is -0.327. The average molecular weight is 501 g/mol. The van der Waals surface area contributed by atoms with Crippen molar-refractivity contribution in [2.45, 2.75) is 26.0 Å². The van der Waals surface area contributed by atoms with Crippen molar-refractivity contribution in [3.63, 3.8) is 0 Å². The molecule has 2 amide bonds. The number of hydrogen-bond acceptors (Lipinski definition) is 6. The van der Waals surface area contributed by atoms with Gasteiger partial charge in [-0.25, -0.2) is 4.98 Å². The SMILES string of the molecule is C[C@H]1CN([C@@H](C)CO)C(=O)c2cc(/C=C/c3ccccc3)cnc2O[C@@H]1CN(C)C(=O)c1cccnc1. The number of carbonyl (C=O) groups is 2. The molecule has 0 fully saturated rings. The van der Waals surface area contributed by atoms with Gasteiger partial charge >= 0.3 is 0 Å². The van der Waals surface area contributed by atoms with Gasteiger partial charge in [0.25, 0.3) is 11.8 Å². The molecule has 0 unspecified atom stereocenters. The van der Waals surface area contributed by atoms with Gasteiger partial charge in [0, 0.05) is 38.1 Å². The zero-order valence-corrected chi connectivity index (χ0v) is 21.3. The van der Waals surface area contributed by atoms with Crippen LogP contribution in [0.1, 0.15) is 45.7 Å². The van der Waals surface area contributed by atoms with E-state index >= 15 is 0 Å². The Morgan fingerprint density at radius 3 is 2.65 bits per heavy atom. The molecule has 1 aliphatic rings. The largest absolute Gasteiger partial charge is 0.472 e. The second-order valence-electron chi connectivity index (χ2n) is 9.42. The quantitative estimate of drug-likeness (QED) is 0.532. The molecule has 1 aliphatic heterocycles. The van der Waals surface area contributed by atoms with E-state index in [1.165, 1.54) is 6.20 Å². The molecule has 0 aliphatic carbocycles. The van der Waals surface area contributed by atoms with Crippen LogP contribution in [0.15, 0.2) is 67.1 Å². The lowest BCUT2D eigenvalue weighted by Gasteiger charge is -2.37. The molecule has 3 heterocycles. The molecular weight excluding hydrogens is 468 g/mol. The fraction of sp³-hybridized carbons (Fsp3) is 0.310. The first kappa shape index (κ1) is 26.0.